The number of methoxy groups -OCH3 is 1. The van der Waals surface area contributed by atoms with Gasteiger partial charge in [-0.25, -0.2) is 0 Å². The van der Waals surface area contributed by atoms with E-state index in [9.17, 15) is 4.79 Å². The van der Waals surface area contributed by atoms with E-state index in [0.717, 1.165) is 36.1 Å². The number of likely N-dealkylation sites (tertiary alicyclic amines) is 1. The second-order valence-corrected chi connectivity index (χ2v) is 6.81. The lowest BCUT2D eigenvalue weighted by atomic mass is 9.77. The molecule has 0 N–H and O–H groups in total. The van der Waals surface area contributed by atoms with Crippen LogP contribution in [-0.2, 0) is 20.8 Å². The van der Waals surface area contributed by atoms with Gasteiger partial charge < -0.3 is 13.9 Å². The zero-order valence-electron chi connectivity index (χ0n) is 15.1. The normalized spacial score (nSPS) is 21.5. The van der Waals surface area contributed by atoms with Crippen LogP contribution in [0.3, 0.4) is 0 Å². The molecule has 1 saturated heterocycles. The third kappa shape index (κ3) is 4.05. The van der Waals surface area contributed by atoms with Crippen LogP contribution < -0.4 is 0 Å². The highest BCUT2D eigenvalue weighted by Gasteiger charge is 2.43. The summed E-state index contributed by atoms with van der Waals surface area (Å²) in [6, 6.07) is 10.1. The minimum absolute atomic E-state index is 0.0960. The highest BCUT2D eigenvalue weighted by Crippen LogP contribution is 2.36. The molecule has 1 aromatic carbocycles. The van der Waals surface area contributed by atoms with E-state index in [1.807, 2.05) is 25.1 Å². The van der Waals surface area contributed by atoms with Gasteiger partial charge in [-0.05, 0) is 44.9 Å². The maximum Gasteiger partial charge on any atom is 0.313 e. The molecule has 0 amide bonds. The molecule has 0 spiro atoms. The molecule has 0 aliphatic carbocycles. The first-order chi connectivity index (χ1) is 12.2. The number of hydrogen-bond acceptors (Lipinski definition) is 5. The summed E-state index contributed by atoms with van der Waals surface area (Å²) in [5.74, 6) is 0.842. The molecule has 0 radical (unpaired) electrons. The number of esters is 1. The Morgan fingerprint density at radius 2 is 2.20 bits per heavy atom. The summed E-state index contributed by atoms with van der Waals surface area (Å²) in [5, 5.41) is 1.12. The second-order valence-electron chi connectivity index (χ2n) is 6.81. The topological polar surface area (TPSA) is 51.9 Å². The number of benzene rings is 1. The van der Waals surface area contributed by atoms with E-state index in [4.69, 9.17) is 13.9 Å². The van der Waals surface area contributed by atoms with Crippen molar-refractivity contribution in [1.82, 2.24) is 4.90 Å². The van der Waals surface area contributed by atoms with E-state index >= 15 is 0 Å². The van der Waals surface area contributed by atoms with Gasteiger partial charge in [0.25, 0.3) is 0 Å². The summed E-state index contributed by atoms with van der Waals surface area (Å²) < 4.78 is 16.6. The molecular weight excluding hydrogens is 318 g/mol. The van der Waals surface area contributed by atoms with E-state index in [1.54, 1.807) is 7.11 Å². The Morgan fingerprint density at radius 1 is 1.36 bits per heavy atom. The van der Waals surface area contributed by atoms with E-state index in [2.05, 4.69) is 17.0 Å². The summed E-state index contributed by atoms with van der Waals surface area (Å²) in [5.41, 5.74) is 0.432. The van der Waals surface area contributed by atoms with Gasteiger partial charge >= 0.3 is 5.97 Å². The Labute approximate surface area is 148 Å². The van der Waals surface area contributed by atoms with Crippen LogP contribution in [0.5, 0.6) is 0 Å². The lowest BCUT2D eigenvalue weighted by Crippen LogP contribution is -2.48. The van der Waals surface area contributed by atoms with Crippen LogP contribution in [0.15, 0.2) is 34.7 Å². The molecule has 5 heteroatoms. The number of carbonyl (C=O) groups excluding carboxylic acids is 1. The van der Waals surface area contributed by atoms with Crippen LogP contribution in [0.25, 0.3) is 11.0 Å². The molecule has 1 aromatic heterocycles. The van der Waals surface area contributed by atoms with Crippen molar-refractivity contribution in [2.45, 2.75) is 32.7 Å². The zero-order valence-corrected chi connectivity index (χ0v) is 15.1. The van der Waals surface area contributed by atoms with Crippen molar-refractivity contribution in [1.29, 1.82) is 0 Å². The maximum atomic E-state index is 12.6. The van der Waals surface area contributed by atoms with Crippen molar-refractivity contribution in [3.8, 4) is 0 Å². The molecule has 0 unspecified atom stereocenters. The number of piperidine rings is 1. The predicted octanol–water partition coefficient (Wildman–Crippen LogP) is 3.61. The van der Waals surface area contributed by atoms with Gasteiger partial charge in [-0.2, -0.15) is 0 Å². The minimum Gasteiger partial charge on any atom is -0.466 e. The highest BCUT2D eigenvalue weighted by atomic mass is 16.5. The second kappa shape index (κ2) is 8.02. The van der Waals surface area contributed by atoms with E-state index < -0.39 is 5.41 Å². The number of rotatable bonds is 7. The van der Waals surface area contributed by atoms with Crippen molar-refractivity contribution < 1.29 is 18.7 Å². The number of fused-ring (bicyclic) bond motifs is 1. The molecule has 2 aromatic rings. The Kier molecular flexibility index (Phi) is 5.76. The fourth-order valence-corrected chi connectivity index (χ4v) is 3.75. The number of ether oxygens (including phenoxy) is 2. The Bertz CT molecular complexity index is 678. The molecule has 25 heavy (non-hydrogen) atoms. The molecule has 1 aliphatic rings. The van der Waals surface area contributed by atoms with Gasteiger partial charge in [-0.15, -0.1) is 0 Å². The van der Waals surface area contributed by atoms with Crippen molar-refractivity contribution in [2.75, 3.05) is 33.4 Å². The quantitative estimate of drug-likeness (QED) is 0.718. The molecule has 1 atom stereocenters. The lowest BCUT2D eigenvalue weighted by Gasteiger charge is -2.40. The van der Waals surface area contributed by atoms with Crippen molar-refractivity contribution in [3.05, 3.63) is 36.1 Å². The summed E-state index contributed by atoms with van der Waals surface area (Å²) in [4.78, 5) is 14.9. The van der Waals surface area contributed by atoms with Crippen molar-refractivity contribution in [3.63, 3.8) is 0 Å². The van der Waals surface area contributed by atoms with Gasteiger partial charge in [0.05, 0.1) is 18.6 Å². The monoisotopic (exact) mass is 345 g/mol. The lowest BCUT2D eigenvalue weighted by molar-refractivity contribution is -0.161. The van der Waals surface area contributed by atoms with Gasteiger partial charge in [0.15, 0.2) is 0 Å². The third-order valence-corrected chi connectivity index (χ3v) is 5.01. The first-order valence-corrected chi connectivity index (χ1v) is 9.03. The van der Waals surface area contributed by atoms with Gasteiger partial charge in [-0.1, -0.05) is 18.2 Å². The van der Waals surface area contributed by atoms with Crippen molar-refractivity contribution in [2.24, 2.45) is 5.41 Å². The van der Waals surface area contributed by atoms with Gasteiger partial charge in [0.1, 0.15) is 11.3 Å². The van der Waals surface area contributed by atoms with Crippen LogP contribution in [-0.4, -0.2) is 44.3 Å². The minimum atomic E-state index is -0.476. The highest BCUT2D eigenvalue weighted by molar-refractivity contribution is 5.78. The molecule has 136 valence electrons. The molecule has 1 aliphatic heterocycles. The number of para-hydroxylation sites is 1. The number of carbonyl (C=O) groups is 1. The van der Waals surface area contributed by atoms with Crippen LogP contribution >= 0.6 is 0 Å². The van der Waals surface area contributed by atoms with E-state index in [0.29, 0.717) is 32.7 Å². The average Bonchev–Trinajstić information content (AvgIpc) is 3.02. The first-order valence-electron chi connectivity index (χ1n) is 9.03. The molecule has 2 heterocycles. The van der Waals surface area contributed by atoms with Gasteiger partial charge in [0.2, 0.25) is 0 Å². The first kappa shape index (κ1) is 18.0. The fraction of sp³-hybridized carbons (Fsp3) is 0.550. The standard InChI is InChI=1S/C20H27NO4/c1-3-24-19(22)20(10-12-23-2)9-6-11-21(15-20)14-17-13-16-7-4-5-8-18(16)25-17/h4-5,7-8,13H,3,6,9-12,14-15H2,1-2H3/t20-/m0/s1. The molecule has 3 rings (SSSR count). The fourth-order valence-electron chi connectivity index (χ4n) is 3.75. The van der Waals surface area contributed by atoms with E-state index in [1.165, 1.54) is 0 Å². The van der Waals surface area contributed by atoms with Crippen LogP contribution in [0, 0.1) is 5.41 Å². The molecule has 1 fully saturated rings. The van der Waals surface area contributed by atoms with Gasteiger partial charge in [-0.3, -0.25) is 9.69 Å². The molecule has 0 saturated carbocycles. The number of furan rings is 1. The molecule has 0 bridgehead atoms. The summed E-state index contributed by atoms with van der Waals surface area (Å²) in [6.07, 6.45) is 2.52. The zero-order chi connectivity index (χ0) is 17.7. The molecule has 5 nitrogen and oxygen atoms in total. The average molecular weight is 345 g/mol. The summed E-state index contributed by atoms with van der Waals surface area (Å²) in [7, 11) is 1.67. The number of hydrogen-bond donors (Lipinski definition) is 0. The Morgan fingerprint density at radius 3 is 2.96 bits per heavy atom. The smallest absolute Gasteiger partial charge is 0.313 e. The largest absolute Gasteiger partial charge is 0.466 e. The Balaban J connectivity index is 1.74. The molecular formula is C20H27NO4. The van der Waals surface area contributed by atoms with Crippen LogP contribution in [0.1, 0.15) is 31.9 Å². The van der Waals surface area contributed by atoms with Gasteiger partial charge in [0, 0.05) is 25.6 Å². The number of nitrogens with zero attached hydrogens (tertiary/aromatic N) is 1. The Hall–Kier alpha value is -1.85. The SMILES string of the molecule is CCOC(=O)[C@]1(CCOC)CCCN(Cc2cc3ccccc3o2)C1. The summed E-state index contributed by atoms with van der Waals surface area (Å²) in [6.45, 7) is 5.20. The van der Waals surface area contributed by atoms with E-state index in [-0.39, 0.29) is 5.97 Å². The summed E-state index contributed by atoms with van der Waals surface area (Å²) >= 11 is 0. The van der Waals surface area contributed by atoms with Crippen LogP contribution in [0.4, 0.5) is 0 Å². The van der Waals surface area contributed by atoms with Crippen molar-refractivity contribution >= 4 is 16.9 Å². The maximum absolute atomic E-state index is 12.6. The van der Waals surface area contributed by atoms with Crippen LogP contribution in [0.2, 0.25) is 0 Å². The predicted molar refractivity (Wildman–Crippen MR) is 96.3 cm³/mol. The third-order valence-electron chi connectivity index (χ3n) is 5.01.